The molecule has 0 aromatic carbocycles. The summed E-state index contributed by atoms with van der Waals surface area (Å²) in [4.78, 5) is 24.0. The Morgan fingerprint density at radius 2 is 2.14 bits per heavy atom. The summed E-state index contributed by atoms with van der Waals surface area (Å²) >= 11 is 0. The number of carbonyl (C=O) groups is 2. The molecular formula is C16H32N3O3+. The Hall–Kier alpha value is -1.14. The van der Waals surface area contributed by atoms with Gasteiger partial charge in [-0.05, 0) is 38.0 Å². The van der Waals surface area contributed by atoms with Crippen molar-refractivity contribution in [3.05, 3.63) is 0 Å². The van der Waals surface area contributed by atoms with E-state index in [1.807, 2.05) is 0 Å². The van der Waals surface area contributed by atoms with Crippen LogP contribution in [0.1, 0.15) is 45.4 Å². The smallest absolute Gasteiger partial charge is 0.320 e. The lowest BCUT2D eigenvalue weighted by atomic mass is 9.84. The van der Waals surface area contributed by atoms with Gasteiger partial charge in [0.15, 0.2) is 0 Å². The number of quaternary nitrogens is 1. The van der Waals surface area contributed by atoms with E-state index < -0.39 is 12.0 Å². The first-order chi connectivity index (χ1) is 10.4. The van der Waals surface area contributed by atoms with E-state index >= 15 is 0 Å². The molecule has 0 spiro atoms. The van der Waals surface area contributed by atoms with Gasteiger partial charge in [-0.1, -0.05) is 6.92 Å². The van der Waals surface area contributed by atoms with Gasteiger partial charge in [-0.15, -0.1) is 0 Å². The Kier molecular flexibility index (Phi) is 8.42. The minimum absolute atomic E-state index is 0.109. The topological polar surface area (TPSA) is 96.9 Å². The minimum Gasteiger partial charge on any atom is -0.480 e. The third-order valence-electron chi connectivity index (χ3n) is 4.77. The lowest BCUT2D eigenvalue weighted by Gasteiger charge is -2.32. The number of nitrogens with one attached hydrogen (secondary N) is 2. The Labute approximate surface area is 133 Å². The quantitative estimate of drug-likeness (QED) is 0.437. The van der Waals surface area contributed by atoms with Crippen LogP contribution in [-0.2, 0) is 9.59 Å². The number of hydrogen-bond acceptors (Lipinski definition) is 3. The highest BCUT2D eigenvalue weighted by Crippen LogP contribution is 2.20. The highest BCUT2D eigenvalue weighted by Gasteiger charge is 2.27. The standard InChI is InChI=1S/C16H31N3O3/c1-12-8-10-19(2)11-13(12)6-7-15(20)18-9-4-3-5-14(17)16(21)22/h12-14H,3-11,17H2,1-2H3,(H,18,20)(H,21,22)/p+1/t12?,13?,14-/m1/s1. The molecule has 1 amide bonds. The third-order valence-corrected chi connectivity index (χ3v) is 4.77. The molecule has 0 radical (unpaired) electrons. The number of carbonyl (C=O) groups excluding carboxylic acids is 1. The molecule has 0 saturated carbocycles. The number of aliphatic carboxylic acids is 1. The molecule has 0 aliphatic carbocycles. The summed E-state index contributed by atoms with van der Waals surface area (Å²) in [7, 11) is 2.22. The van der Waals surface area contributed by atoms with Gasteiger partial charge in [0.25, 0.3) is 0 Å². The predicted octanol–water partition coefficient (Wildman–Crippen LogP) is -0.364. The largest absolute Gasteiger partial charge is 0.480 e. The van der Waals surface area contributed by atoms with Crippen LogP contribution in [0.2, 0.25) is 0 Å². The number of unbranched alkanes of at least 4 members (excludes halogenated alkanes) is 1. The van der Waals surface area contributed by atoms with Crippen LogP contribution in [0, 0.1) is 11.8 Å². The van der Waals surface area contributed by atoms with Crippen molar-refractivity contribution >= 4 is 11.9 Å². The van der Waals surface area contributed by atoms with Gasteiger partial charge < -0.3 is 21.1 Å². The Morgan fingerprint density at radius 3 is 2.82 bits per heavy atom. The van der Waals surface area contributed by atoms with Crippen molar-refractivity contribution in [2.24, 2.45) is 17.6 Å². The van der Waals surface area contributed by atoms with Crippen molar-refractivity contribution in [1.82, 2.24) is 5.32 Å². The van der Waals surface area contributed by atoms with Crippen molar-refractivity contribution in [3.8, 4) is 0 Å². The van der Waals surface area contributed by atoms with Gasteiger partial charge in [-0.25, -0.2) is 0 Å². The fraction of sp³-hybridized carbons (Fsp3) is 0.875. The van der Waals surface area contributed by atoms with E-state index in [4.69, 9.17) is 10.8 Å². The predicted molar refractivity (Wildman–Crippen MR) is 85.6 cm³/mol. The van der Waals surface area contributed by atoms with Gasteiger partial charge in [0.05, 0.1) is 20.1 Å². The van der Waals surface area contributed by atoms with Crippen LogP contribution < -0.4 is 16.0 Å². The molecule has 22 heavy (non-hydrogen) atoms. The molecule has 4 atom stereocenters. The number of likely N-dealkylation sites (tertiary alicyclic amines) is 1. The molecule has 0 aromatic rings. The van der Waals surface area contributed by atoms with Crippen LogP contribution >= 0.6 is 0 Å². The second-order valence-electron chi connectivity index (χ2n) is 6.77. The van der Waals surface area contributed by atoms with E-state index in [1.165, 1.54) is 19.5 Å². The average molecular weight is 314 g/mol. The molecule has 0 aromatic heterocycles. The molecule has 128 valence electrons. The van der Waals surface area contributed by atoms with Crippen LogP contribution in [-0.4, -0.2) is 49.7 Å². The fourth-order valence-corrected chi connectivity index (χ4v) is 3.09. The number of rotatable bonds is 9. The van der Waals surface area contributed by atoms with Crippen molar-refractivity contribution < 1.29 is 19.6 Å². The minimum atomic E-state index is -0.960. The van der Waals surface area contributed by atoms with E-state index in [0.29, 0.717) is 31.2 Å². The molecule has 1 aliphatic heterocycles. The van der Waals surface area contributed by atoms with Gasteiger partial charge in [-0.2, -0.15) is 0 Å². The lowest BCUT2D eigenvalue weighted by Crippen LogP contribution is -3.11. The second-order valence-corrected chi connectivity index (χ2v) is 6.77. The number of hydrogen-bond donors (Lipinski definition) is 4. The molecule has 1 heterocycles. The first kappa shape index (κ1) is 18.9. The first-order valence-corrected chi connectivity index (χ1v) is 8.46. The SMILES string of the molecule is CC1CC[NH+](C)CC1CCC(=O)NCCCC[C@@H](N)C(=O)O. The summed E-state index contributed by atoms with van der Waals surface area (Å²) in [5.41, 5.74) is 5.42. The number of carboxylic acids is 1. The maximum absolute atomic E-state index is 11.8. The zero-order valence-corrected chi connectivity index (χ0v) is 13.9. The second kappa shape index (κ2) is 9.79. The fourth-order valence-electron chi connectivity index (χ4n) is 3.09. The van der Waals surface area contributed by atoms with Crippen LogP contribution in [0.15, 0.2) is 0 Å². The van der Waals surface area contributed by atoms with Gasteiger partial charge in [0.2, 0.25) is 5.91 Å². The highest BCUT2D eigenvalue weighted by atomic mass is 16.4. The maximum Gasteiger partial charge on any atom is 0.320 e. The summed E-state index contributed by atoms with van der Waals surface area (Å²) in [6.07, 6.45) is 4.77. The summed E-state index contributed by atoms with van der Waals surface area (Å²) in [5.74, 6) is 0.512. The number of amides is 1. The highest BCUT2D eigenvalue weighted by molar-refractivity contribution is 5.75. The van der Waals surface area contributed by atoms with E-state index in [2.05, 4.69) is 19.3 Å². The maximum atomic E-state index is 11.8. The number of nitrogens with two attached hydrogens (primary N) is 1. The van der Waals surface area contributed by atoms with E-state index in [-0.39, 0.29) is 5.91 Å². The molecular weight excluding hydrogens is 282 g/mol. The van der Waals surface area contributed by atoms with Crippen LogP contribution in [0.5, 0.6) is 0 Å². The first-order valence-electron chi connectivity index (χ1n) is 8.46. The summed E-state index contributed by atoms with van der Waals surface area (Å²) in [5, 5.41) is 11.6. The molecule has 6 nitrogen and oxygen atoms in total. The summed E-state index contributed by atoms with van der Waals surface area (Å²) in [6.45, 7) is 5.31. The molecule has 1 saturated heterocycles. The van der Waals surface area contributed by atoms with Crippen LogP contribution in [0.4, 0.5) is 0 Å². The van der Waals surface area contributed by atoms with Gasteiger partial charge in [0.1, 0.15) is 6.04 Å². The van der Waals surface area contributed by atoms with Crippen molar-refractivity contribution in [1.29, 1.82) is 0 Å². The molecule has 5 N–H and O–H groups in total. The van der Waals surface area contributed by atoms with Crippen molar-refractivity contribution in [3.63, 3.8) is 0 Å². The Morgan fingerprint density at radius 1 is 1.41 bits per heavy atom. The molecule has 6 heteroatoms. The van der Waals surface area contributed by atoms with E-state index in [9.17, 15) is 9.59 Å². The van der Waals surface area contributed by atoms with Gasteiger partial charge in [-0.3, -0.25) is 9.59 Å². The van der Waals surface area contributed by atoms with E-state index in [0.717, 1.165) is 19.3 Å². The summed E-state index contributed by atoms with van der Waals surface area (Å²) in [6, 6.07) is -0.789. The Balaban J connectivity index is 2.07. The van der Waals surface area contributed by atoms with Crippen LogP contribution in [0.25, 0.3) is 0 Å². The molecule has 1 aliphatic rings. The van der Waals surface area contributed by atoms with Gasteiger partial charge >= 0.3 is 5.97 Å². The summed E-state index contributed by atoms with van der Waals surface area (Å²) < 4.78 is 0. The normalized spacial score (nSPS) is 26.4. The lowest BCUT2D eigenvalue weighted by molar-refractivity contribution is -0.890. The zero-order valence-electron chi connectivity index (χ0n) is 13.9. The van der Waals surface area contributed by atoms with Gasteiger partial charge in [0, 0.05) is 18.9 Å². The van der Waals surface area contributed by atoms with Crippen molar-refractivity contribution in [2.75, 3.05) is 26.7 Å². The zero-order chi connectivity index (χ0) is 16.5. The third kappa shape index (κ3) is 7.22. The molecule has 0 bridgehead atoms. The van der Waals surface area contributed by atoms with Crippen molar-refractivity contribution in [2.45, 2.75) is 51.5 Å². The van der Waals surface area contributed by atoms with E-state index in [1.54, 1.807) is 4.90 Å². The Bertz CT molecular complexity index is 363. The monoisotopic (exact) mass is 314 g/mol. The average Bonchev–Trinajstić information content (AvgIpc) is 2.47. The molecule has 1 rings (SSSR count). The molecule has 1 fully saturated rings. The number of carboxylic acid groups (broad SMARTS) is 1. The molecule has 3 unspecified atom stereocenters. The number of piperidine rings is 1. The van der Waals surface area contributed by atoms with Crippen LogP contribution in [0.3, 0.4) is 0 Å².